The van der Waals surface area contributed by atoms with E-state index in [2.05, 4.69) is 19.9 Å². The van der Waals surface area contributed by atoms with Gasteiger partial charge in [0.25, 0.3) is 0 Å². The topological polar surface area (TPSA) is 128 Å². The zero-order chi connectivity index (χ0) is 15.5. The lowest BCUT2D eigenvalue weighted by atomic mass is 10.1. The fourth-order valence-electron chi connectivity index (χ4n) is 3.13. The van der Waals surface area contributed by atoms with Gasteiger partial charge in [0.05, 0.1) is 12.9 Å². The standard InChI is InChI=1S/C13H17N5O4/c1-13(2)21-8-5(3-19)20-9(10(8)22-13)6-7-11(16-4-15-7)18-12(14)17-6/h4-5,8-10,19H,3H2,1-2H3,(H3,14,15,16,17,18)/t5-,8-,9+,10-/m1/s1. The number of anilines is 1. The average Bonchev–Trinajstić information content (AvgIpc) is 3.10. The van der Waals surface area contributed by atoms with Crippen LogP contribution in [0.2, 0.25) is 0 Å². The Morgan fingerprint density at radius 2 is 2.09 bits per heavy atom. The van der Waals surface area contributed by atoms with Crippen molar-refractivity contribution in [3.63, 3.8) is 0 Å². The molecule has 118 valence electrons. The summed E-state index contributed by atoms with van der Waals surface area (Å²) in [4.78, 5) is 15.5. The van der Waals surface area contributed by atoms with Gasteiger partial charge < -0.3 is 30.0 Å². The van der Waals surface area contributed by atoms with Crippen LogP contribution in [0.15, 0.2) is 6.33 Å². The molecule has 0 aromatic carbocycles. The van der Waals surface area contributed by atoms with Crippen molar-refractivity contribution in [3.05, 3.63) is 12.0 Å². The van der Waals surface area contributed by atoms with Crippen molar-refractivity contribution in [2.75, 3.05) is 12.3 Å². The Balaban J connectivity index is 1.79. The van der Waals surface area contributed by atoms with E-state index in [9.17, 15) is 5.11 Å². The van der Waals surface area contributed by atoms with Crippen LogP contribution in [-0.4, -0.2) is 55.7 Å². The number of fused-ring (bicyclic) bond motifs is 2. The molecule has 2 aliphatic rings. The number of ether oxygens (including phenoxy) is 3. The van der Waals surface area contributed by atoms with Crippen LogP contribution in [0, 0.1) is 0 Å². The Morgan fingerprint density at radius 1 is 1.32 bits per heavy atom. The highest BCUT2D eigenvalue weighted by atomic mass is 16.8. The SMILES string of the molecule is CC1(C)O[C@@H]2[C@H](O1)[C@@H](CO)O[C@H]2c1nc(N)nc2nc[nH]c12. The van der Waals surface area contributed by atoms with E-state index in [-0.39, 0.29) is 24.8 Å². The summed E-state index contributed by atoms with van der Waals surface area (Å²) in [6.45, 7) is 3.50. The number of nitrogens with two attached hydrogens (primary N) is 1. The largest absolute Gasteiger partial charge is 0.394 e. The number of nitrogens with one attached hydrogen (secondary N) is 1. The van der Waals surface area contributed by atoms with Crippen molar-refractivity contribution in [2.45, 2.75) is 44.1 Å². The molecule has 0 unspecified atom stereocenters. The van der Waals surface area contributed by atoms with E-state index in [1.165, 1.54) is 6.33 Å². The van der Waals surface area contributed by atoms with E-state index in [4.69, 9.17) is 19.9 Å². The molecule has 2 fully saturated rings. The van der Waals surface area contributed by atoms with Gasteiger partial charge in [0.2, 0.25) is 5.95 Å². The summed E-state index contributed by atoms with van der Waals surface area (Å²) in [7, 11) is 0. The summed E-state index contributed by atoms with van der Waals surface area (Å²) in [6, 6.07) is 0. The van der Waals surface area contributed by atoms with E-state index in [0.29, 0.717) is 16.9 Å². The first-order chi connectivity index (χ1) is 10.5. The molecule has 2 aromatic rings. The van der Waals surface area contributed by atoms with Crippen LogP contribution in [0.25, 0.3) is 11.2 Å². The van der Waals surface area contributed by atoms with E-state index in [0.717, 1.165) is 0 Å². The van der Waals surface area contributed by atoms with Gasteiger partial charge in [0, 0.05) is 0 Å². The number of nitrogen functional groups attached to an aromatic ring is 1. The van der Waals surface area contributed by atoms with Crippen LogP contribution in [0.4, 0.5) is 5.95 Å². The molecule has 2 aromatic heterocycles. The molecular formula is C13H17N5O4. The number of nitrogens with zero attached hydrogens (tertiary/aromatic N) is 3. The van der Waals surface area contributed by atoms with Crippen molar-refractivity contribution >= 4 is 17.1 Å². The van der Waals surface area contributed by atoms with Crippen molar-refractivity contribution in [1.82, 2.24) is 19.9 Å². The minimum absolute atomic E-state index is 0.111. The third-order valence-corrected chi connectivity index (χ3v) is 3.93. The molecule has 0 radical (unpaired) electrons. The number of imidazole rings is 1. The Morgan fingerprint density at radius 3 is 2.86 bits per heavy atom. The van der Waals surface area contributed by atoms with E-state index in [1.807, 2.05) is 13.8 Å². The molecule has 22 heavy (non-hydrogen) atoms. The van der Waals surface area contributed by atoms with Gasteiger partial charge in [0.15, 0.2) is 11.4 Å². The predicted octanol–water partition coefficient (Wildman–Crippen LogP) is -0.113. The molecule has 9 nitrogen and oxygen atoms in total. The summed E-state index contributed by atoms with van der Waals surface area (Å²) in [5.74, 6) is -0.628. The lowest BCUT2D eigenvalue weighted by Gasteiger charge is -2.23. The quantitative estimate of drug-likeness (QED) is 0.701. The number of hydrogen-bond acceptors (Lipinski definition) is 8. The fraction of sp³-hybridized carbons (Fsp3) is 0.615. The highest BCUT2D eigenvalue weighted by Gasteiger charge is 2.56. The predicted molar refractivity (Wildman–Crippen MR) is 74.6 cm³/mol. The second kappa shape index (κ2) is 4.59. The monoisotopic (exact) mass is 307 g/mol. The van der Waals surface area contributed by atoms with Crippen molar-refractivity contribution in [3.8, 4) is 0 Å². The fourth-order valence-corrected chi connectivity index (χ4v) is 3.13. The number of H-pyrrole nitrogens is 1. The zero-order valence-electron chi connectivity index (χ0n) is 12.2. The Bertz CT molecular complexity index is 718. The summed E-state index contributed by atoms with van der Waals surface area (Å²) >= 11 is 0. The van der Waals surface area contributed by atoms with Gasteiger partial charge in [-0.25, -0.2) is 9.97 Å². The van der Waals surface area contributed by atoms with Crippen LogP contribution in [0.3, 0.4) is 0 Å². The molecule has 0 aliphatic carbocycles. The molecule has 0 amide bonds. The van der Waals surface area contributed by atoms with Crippen molar-refractivity contribution < 1.29 is 19.3 Å². The lowest BCUT2D eigenvalue weighted by Crippen LogP contribution is -2.31. The van der Waals surface area contributed by atoms with Gasteiger partial charge in [-0.15, -0.1) is 0 Å². The van der Waals surface area contributed by atoms with Crippen LogP contribution in [-0.2, 0) is 14.2 Å². The Kier molecular flexibility index (Phi) is 2.89. The molecule has 0 spiro atoms. The summed E-state index contributed by atoms with van der Waals surface area (Å²) in [6.07, 6.45) is -0.219. The molecule has 2 aliphatic heterocycles. The first-order valence-corrected chi connectivity index (χ1v) is 7.07. The maximum Gasteiger partial charge on any atom is 0.222 e. The summed E-state index contributed by atoms with van der Waals surface area (Å²) in [5, 5.41) is 9.54. The number of aromatic amines is 1. The summed E-state index contributed by atoms with van der Waals surface area (Å²) in [5.41, 5.74) is 7.43. The zero-order valence-corrected chi connectivity index (χ0v) is 12.2. The Hall–Kier alpha value is -1.81. The highest BCUT2D eigenvalue weighted by molar-refractivity contribution is 5.74. The molecule has 4 rings (SSSR count). The molecule has 9 heteroatoms. The van der Waals surface area contributed by atoms with Crippen LogP contribution in [0.1, 0.15) is 25.6 Å². The second-order valence-electron chi connectivity index (χ2n) is 5.91. The summed E-state index contributed by atoms with van der Waals surface area (Å²) < 4.78 is 17.7. The van der Waals surface area contributed by atoms with Gasteiger partial charge in [0.1, 0.15) is 35.6 Å². The van der Waals surface area contributed by atoms with Gasteiger partial charge in [-0.1, -0.05) is 0 Å². The van der Waals surface area contributed by atoms with Gasteiger partial charge in [-0.05, 0) is 13.8 Å². The Labute approximate surface area is 125 Å². The maximum atomic E-state index is 9.54. The molecular weight excluding hydrogens is 290 g/mol. The normalized spacial score (nSPS) is 33.4. The third-order valence-electron chi connectivity index (χ3n) is 3.93. The molecule has 2 saturated heterocycles. The van der Waals surface area contributed by atoms with E-state index < -0.39 is 18.0 Å². The van der Waals surface area contributed by atoms with Gasteiger partial charge in [-0.2, -0.15) is 4.98 Å². The molecule has 4 N–H and O–H groups in total. The number of aliphatic hydroxyl groups excluding tert-OH is 1. The van der Waals surface area contributed by atoms with Crippen LogP contribution in [0.5, 0.6) is 0 Å². The van der Waals surface area contributed by atoms with Gasteiger partial charge >= 0.3 is 0 Å². The van der Waals surface area contributed by atoms with Crippen molar-refractivity contribution in [1.29, 1.82) is 0 Å². The van der Waals surface area contributed by atoms with Gasteiger partial charge in [-0.3, -0.25) is 0 Å². The average molecular weight is 307 g/mol. The molecule has 0 bridgehead atoms. The number of hydrogen-bond donors (Lipinski definition) is 3. The van der Waals surface area contributed by atoms with Crippen LogP contribution < -0.4 is 5.73 Å². The molecule has 4 heterocycles. The molecule has 4 atom stereocenters. The number of aromatic nitrogens is 4. The first kappa shape index (κ1) is 13.8. The maximum absolute atomic E-state index is 9.54. The minimum Gasteiger partial charge on any atom is -0.394 e. The third kappa shape index (κ3) is 1.97. The van der Waals surface area contributed by atoms with E-state index in [1.54, 1.807) is 0 Å². The number of rotatable bonds is 2. The van der Waals surface area contributed by atoms with Crippen LogP contribution >= 0.6 is 0 Å². The van der Waals surface area contributed by atoms with Crippen molar-refractivity contribution in [2.24, 2.45) is 0 Å². The van der Waals surface area contributed by atoms with E-state index >= 15 is 0 Å². The minimum atomic E-state index is -0.740. The first-order valence-electron chi connectivity index (χ1n) is 7.07. The smallest absolute Gasteiger partial charge is 0.222 e. The highest BCUT2D eigenvalue weighted by Crippen LogP contribution is 2.45. The number of aliphatic hydroxyl groups is 1. The molecule has 0 saturated carbocycles. The second-order valence-corrected chi connectivity index (χ2v) is 5.91. The lowest BCUT2D eigenvalue weighted by molar-refractivity contribution is -0.191.